The second kappa shape index (κ2) is 70.5. The molecule has 0 spiro atoms. The maximum Gasteiger partial charge on any atom is 3.00 e. The average molecular weight is 1100 g/mol. The summed E-state index contributed by atoms with van der Waals surface area (Å²) in [6.45, 7) is 3.98. The van der Waals surface area contributed by atoms with Crippen molar-refractivity contribution in [2.24, 2.45) is 0 Å². The summed E-state index contributed by atoms with van der Waals surface area (Å²) in [7, 11) is 0. The summed E-state index contributed by atoms with van der Waals surface area (Å²) < 4.78 is 0. The first-order valence-corrected chi connectivity index (χ1v) is 15.8. The molecular formula is C35H44Cl2Co3N4O15Y-. The van der Waals surface area contributed by atoms with Gasteiger partial charge in [-0.2, -0.15) is 0 Å². The number of hydrogen-bond donors (Lipinski definition) is 0. The molecule has 0 aliphatic heterocycles. The number of rotatable bonds is 4. The average Bonchev–Trinajstić information content (AvgIpc) is 3.13. The normalized spacial score (nSPS) is 7.25. The molecule has 4 rings (SSSR count). The Labute approximate surface area is 414 Å². The van der Waals surface area contributed by atoms with Crippen molar-refractivity contribution >= 4 is 53.0 Å². The molecule has 339 valence electrons. The van der Waals surface area contributed by atoms with Crippen LogP contribution in [0.1, 0.15) is 57.4 Å². The van der Waals surface area contributed by atoms with Gasteiger partial charge < -0.3 is 75.4 Å². The van der Waals surface area contributed by atoms with Crippen LogP contribution in [0.15, 0.2) is 97.6 Å². The van der Waals surface area contributed by atoms with E-state index in [2.05, 4.69) is 19.9 Å². The number of hydrogen-bond acceptors (Lipinski definition) is 18. The molecule has 0 saturated heterocycles. The monoisotopic (exact) mass is 1100 g/mol. The van der Waals surface area contributed by atoms with Gasteiger partial charge in [-0.05, 0) is 83.1 Å². The van der Waals surface area contributed by atoms with Crippen LogP contribution in [0.25, 0.3) is 0 Å². The summed E-state index contributed by atoms with van der Waals surface area (Å²) >= 11 is 9.53. The number of carboxylic acids is 5. The van der Waals surface area contributed by atoms with Crippen molar-refractivity contribution in [2.75, 3.05) is 5.34 Å². The van der Waals surface area contributed by atoms with Gasteiger partial charge in [0.25, 0.3) is 0 Å². The SMILES string of the molecule is CC(=O)[O-].CC(=O)[O-].CC(=O)[O-].CC(=O)[O-].CC(=O)[O-].ClCCl.[Co+2].[Co+2].[Co+3].[O-]Cc1ccccn1.[O-]Cc1ccccn1.[O-]Cc1ccccn1.[O-]Cc1ccccn1.[OH3+].[Y]. The van der Waals surface area contributed by atoms with Gasteiger partial charge in [0.1, 0.15) is 0 Å². The molecule has 3 radical (unpaired) electrons. The van der Waals surface area contributed by atoms with Crippen LogP contribution in [0.4, 0.5) is 0 Å². The first kappa shape index (κ1) is 84.4. The van der Waals surface area contributed by atoms with E-state index in [-0.39, 0.29) is 120 Å². The van der Waals surface area contributed by atoms with Gasteiger partial charge in [0, 0.05) is 110 Å². The molecule has 25 heteroatoms. The van der Waals surface area contributed by atoms with E-state index in [1.807, 2.05) is 0 Å². The van der Waals surface area contributed by atoms with Gasteiger partial charge in [0.05, 0.1) is 5.34 Å². The molecule has 0 aliphatic carbocycles. The number of aromatic nitrogens is 4. The number of nitrogens with zero attached hydrogens (tertiary/aromatic N) is 4. The fourth-order valence-electron chi connectivity index (χ4n) is 1.93. The predicted molar refractivity (Wildman–Crippen MR) is 187 cm³/mol. The van der Waals surface area contributed by atoms with Gasteiger partial charge in [-0.1, -0.05) is 50.7 Å². The third kappa shape index (κ3) is 117. The Morgan fingerprint density at radius 3 is 0.600 bits per heavy atom. The molecular weight excluding hydrogens is 1050 g/mol. The zero-order chi connectivity index (χ0) is 43.9. The Kier molecular flexibility index (Phi) is 99.2. The molecule has 4 aromatic rings. The van der Waals surface area contributed by atoms with Gasteiger partial charge in [-0.3, -0.25) is 19.9 Å². The number of carbonyl (C=O) groups excluding carboxylic acids is 5. The molecule has 4 aromatic heterocycles. The standard InChI is InChI=1S/4C6H6NO.5C2H4O2.CH2Cl2.3Co.H2O.Y/c4*8-5-6-3-1-2-4-7-6;5*1-2(3)4;2-1-3;;;;;/h4*1-4H,5H2;5*1H3,(H,3,4);1H2;;;;1H2;/q4*-1;;;;;;;2*+2;+3;;/p-4. The zero-order valence-corrected chi connectivity index (χ0v) is 40.2. The van der Waals surface area contributed by atoms with Crippen LogP contribution in [0, 0.1) is 0 Å². The fourth-order valence-corrected chi connectivity index (χ4v) is 1.93. The smallest absolute Gasteiger partial charge is 0.850 e. The van der Waals surface area contributed by atoms with Crippen molar-refractivity contribution in [1.29, 1.82) is 0 Å². The zero-order valence-electron chi connectivity index (χ0n) is 32.7. The van der Waals surface area contributed by atoms with Crippen LogP contribution in [-0.2, 0) is 139 Å². The van der Waals surface area contributed by atoms with Gasteiger partial charge in [-0.25, -0.2) is 0 Å². The van der Waals surface area contributed by atoms with Crippen LogP contribution >= 0.6 is 23.2 Å². The molecule has 60 heavy (non-hydrogen) atoms. The summed E-state index contributed by atoms with van der Waals surface area (Å²) in [5.74, 6) is -5.42. The van der Waals surface area contributed by atoms with Crippen LogP contribution < -0.4 is 46.0 Å². The van der Waals surface area contributed by atoms with Gasteiger partial charge in [-0.15, -0.1) is 23.2 Å². The van der Waals surface area contributed by atoms with Crippen molar-refractivity contribution in [2.45, 2.75) is 61.0 Å². The molecule has 4 heterocycles. The molecule has 0 unspecified atom stereocenters. The van der Waals surface area contributed by atoms with E-state index in [1.54, 1.807) is 97.6 Å². The van der Waals surface area contributed by atoms with Crippen LogP contribution in [0.2, 0.25) is 0 Å². The summed E-state index contributed by atoms with van der Waals surface area (Å²) in [5.41, 5.74) is 2.42. The van der Waals surface area contributed by atoms with E-state index >= 15 is 0 Å². The van der Waals surface area contributed by atoms with Crippen LogP contribution in [0.3, 0.4) is 0 Å². The van der Waals surface area contributed by atoms with E-state index in [4.69, 9.17) is 72.7 Å². The minimum absolute atomic E-state index is 0. The number of alkyl halides is 2. The molecule has 0 amide bonds. The third-order valence-electron chi connectivity index (χ3n) is 3.50. The molecule has 0 bridgehead atoms. The van der Waals surface area contributed by atoms with Crippen molar-refractivity contribution in [3.05, 3.63) is 120 Å². The van der Waals surface area contributed by atoms with E-state index in [1.165, 1.54) is 0 Å². The summed E-state index contributed by atoms with van der Waals surface area (Å²) in [6.07, 6.45) is 6.47. The predicted octanol–water partition coefficient (Wildman–Crippen LogP) is -5.96. The number of carboxylic acid groups (broad SMARTS) is 5. The fraction of sp³-hybridized carbons (Fsp3) is 0.286. The Bertz CT molecular complexity index is 1210. The summed E-state index contributed by atoms with van der Waals surface area (Å²) in [6, 6.07) is 21.2. The molecule has 0 fully saturated rings. The second-order valence-corrected chi connectivity index (χ2v) is 9.23. The Balaban J connectivity index is -0.0000000500. The third-order valence-corrected chi connectivity index (χ3v) is 3.50. The Morgan fingerprint density at radius 2 is 0.550 bits per heavy atom. The number of pyridine rings is 4. The van der Waals surface area contributed by atoms with Crippen molar-refractivity contribution < 1.29 is 158 Å². The van der Waals surface area contributed by atoms with E-state index < -0.39 is 29.8 Å². The maximum atomic E-state index is 10.1. The first-order chi connectivity index (χ1) is 25.8. The van der Waals surface area contributed by atoms with E-state index in [9.17, 15) is 20.4 Å². The van der Waals surface area contributed by atoms with Crippen molar-refractivity contribution in [3.8, 4) is 0 Å². The molecule has 3 N–H and O–H groups in total. The quantitative estimate of drug-likeness (QED) is 0.136. The largest absolute Gasteiger partial charge is 3.00 e. The van der Waals surface area contributed by atoms with Crippen molar-refractivity contribution in [3.63, 3.8) is 0 Å². The van der Waals surface area contributed by atoms with Gasteiger partial charge in [0.15, 0.2) is 0 Å². The molecule has 0 aromatic carbocycles. The Hall–Kier alpha value is -3.05. The minimum atomic E-state index is -1.08. The van der Waals surface area contributed by atoms with Crippen LogP contribution in [0.5, 0.6) is 0 Å². The van der Waals surface area contributed by atoms with E-state index in [0.717, 1.165) is 34.6 Å². The molecule has 19 nitrogen and oxygen atoms in total. The number of carbonyl (C=O) groups is 5. The number of aliphatic carboxylic acids is 5. The number of halogens is 2. The second-order valence-electron chi connectivity index (χ2n) is 8.42. The molecule has 0 aliphatic rings. The van der Waals surface area contributed by atoms with Crippen molar-refractivity contribution in [1.82, 2.24) is 19.9 Å². The van der Waals surface area contributed by atoms with Crippen LogP contribution in [-0.4, -0.2) is 55.1 Å². The molecule has 0 saturated carbocycles. The first-order valence-electron chi connectivity index (χ1n) is 14.7. The summed E-state index contributed by atoms with van der Waals surface area (Å²) in [5, 5.41) is 84.9. The minimum Gasteiger partial charge on any atom is -0.850 e. The topological polar surface area (TPSA) is 377 Å². The van der Waals surface area contributed by atoms with Gasteiger partial charge in [0.2, 0.25) is 0 Å². The van der Waals surface area contributed by atoms with Gasteiger partial charge >= 0.3 is 50.3 Å². The Morgan fingerprint density at radius 1 is 0.433 bits per heavy atom. The molecule has 0 atom stereocenters. The maximum absolute atomic E-state index is 10.1. The van der Waals surface area contributed by atoms with E-state index in [0.29, 0.717) is 22.8 Å². The summed E-state index contributed by atoms with van der Waals surface area (Å²) in [4.78, 5) is 59.6.